The zero-order chi connectivity index (χ0) is 15.2. The molecule has 1 aromatic carbocycles. The SMILES string of the molecule is CCCNC(c1cncc(OC)c1)c1ccc(Br)cc1Cl. The number of pyridine rings is 1. The van der Waals surface area contributed by atoms with Crippen LogP contribution in [0.25, 0.3) is 0 Å². The molecule has 0 radical (unpaired) electrons. The van der Waals surface area contributed by atoms with Gasteiger partial charge in [0.05, 0.1) is 19.3 Å². The predicted octanol–water partition coefficient (Wildman–Crippen LogP) is 4.60. The first-order valence-electron chi connectivity index (χ1n) is 6.83. The molecule has 0 saturated heterocycles. The Morgan fingerprint density at radius 1 is 1.33 bits per heavy atom. The van der Waals surface area contributed by atoms with Crippen LogP contribution < -0.4 is 10.1 Å². The van der Waals surface area contributed by atoms with Gasteiger partial charge in [0.2, 0.25) is 0 Å². The lowest BCUT2D eigenvalue weighted by molar-refractivity contribution is 0.411. The Hall–Kier alpha value is -1.10. The van der Waals surface area contributed by atoms with Crippen molar-refractivity contribution >= 4 is 27.5 Å². The molecule has 1 unspecified atom stereocenters. The number of hydrogen-bond acceptors (Lipinski definition) is 3. The molecule has 0 saturated carbocycles. The maximum absolute atomic E-state index is 6.41. The first-order chi connectivity index (χ1) is 10.2. The van der Waals surface area contributed by atoms with E-state index in [0.29, 0.717) is 0 Å². The average molecular weight is 370 g/mol. The number of ether oxygens (including phenoxy) is 1. The van der Waals surface area contributed by atoms with Crippen molar-refractivity contribution in [2.24, 2.45) is 0 Å². The molecule has 1 N–H and O–H groups in total. The summed E-state index contributed by atoms with van der Waals surface area (Å²) in [6, 6.07) is 7.91. The van der Waals surface area contributed by atoms with Crippen molar-refractivity contribution in [3.8, 4) is 5.75 Å². The molecule has 2 aromatic rings. The molecule has 1 heterocycles. The second-order valence-electron chi connectivity index (χ2n) is 4.71. The molecule has 5 heteroatoms. The second-order valence-corrected chi connectivity index (χ2v) is 6.03. The van der Waals surface area contributed by atoms with E-state index in [1.807, 2.05) is 30.5 Å². The highest BCUT2D eigenvalue weighted by Crippen LogP contribution is 2.31. The summed E-state index contributed by atoms with van der Waals surface area (Å²) in [6.07, 6.45) is 4.58. The van der Waals surface area contributed by atoms with E-state index >= 15 is 0 Å². The summed E-state index contributed by atoms with van der Waals surface area (Å²) < 4.78 is 6.23. The van der Waals surface area contributed by atoms with Crippen LogP contribution in [0.2, 0.25) is 5.02 Å². The van der Waals surface area contributed by atoms with Crippen molar-refractivity contribution in [2.45, 2.75) is 19.4 Å². The van der Waals surface area contributed by atoms with E-state index in [1.165, 1.54) is 0 Å². The van der Waals surface area contributed by atoms with Gasteiger partial charge in [0.25, 0.3) is 0 Å². The summed E-state index contributed by atoms with van der Waals surface area (Å²) in [6.45, 7) is 3.03. The van der Waals surface area contributed by atoms with Gasteiger partial charge in [-0.3, -0.25) is 4.98 Å². The Labute approximate surface area is 138 Å². The highest BCUT2D eigenvalue weighted by Gasteiger charge is 2.17. The van der Waals surface area contributed by atoms with Crippen molar-refractivity contribution in [1.29, 1.82) is 0 Å². The Kier molecular flexibility index (Phi) is 6.03. The van der Waals surface area contributed by atoms with Crippen LogP contribution in [0.1, 0.15) is 30.5 Å². The minimum atomic E-state index is -0.00634. The zero-order valence-electron chi connectivity index (χ0n) is 12.1. The lowest BCUT2D eigenvalue weighted by Gasteiger charge is -2.21. The van der Waals surface area contributed by atoms with Gasteiger partial charge in [-0.25, -0.2) is 0 Å². The fraction of sp³-hybridized carbons (Fsp3) is 0.312. The molecule has 2 rings (SSSR count). The van der Waals surface area contributed by atoms with Gasteiger partial charge >= 0.3 is 0 Å². The minimum Gasteiger partial charge on any atom is -0.495 e. The van der Waals surface area contributed by atoms with Crippen molar-refractivity contribution in [3.63, 3.8) is 0 Å². The van der Waals surface area contributed by atoms with Crippen LogP contribution in [0.15, 0.2) is 41.1 Å². The fourth-order valence-electron chi connectivity index (χ4n) is 2.14. The Bertz CT molecular complexity index is 607. The largest absolute Gasteiger partial charge is 0.495 e. The standard InChI is InChI=1S/C16H18BrClN2O/c1-3-6-20-16(11-7-13(21-2)10-19-9-11)14-5-4-12(17)8-15(14)18/h4-5,7-10,16,20H,3,6H2,1-2H3. The van der Waals surface area contributed by atoms with Crippen LogP contribution in [0.5, 0.6) is 5.75 Å². The third-order valence-electron chi connectivity index (χ3n) is 3.18. The van der Waals surface area contributed by atoms with E-state index in [0.717, 1.165) is 39.3 Å². The van der Waals surface area contributed by atoms with Gasteiger partial charge in [0, 0.05) is 15.7 Å². The van der Waals surface area contributed by atoms with Gasteiger partial charge in [0.1, 0.15) is 5.75 Å². The molecule has 0 aliphatic rings. The van der Waals surface area contributed by atoms with Crippen LogP contribution in [-0.4, -0.2) is 18.6 Å². The highest BCUT2D eigenvalue weighted by atomic mass is 79.9. The monoisotopic (exact) mass is 368 g/mol. The van der Waals surface area contributed by atoms with E-state index in [2.05, 4.69) is 33.2 Å². The molecule has 0 bridgehead atoms. The molecule has 1 aromatic heterocycles. The van der Waals surface area contributed by atoms with E-state index in [-0.39, 0.29) is 6.04 Å². The summed E-state index contributed by atoms with van der Waals surface area (Å²) in [5, 5.41) is 4.24. The number of hydrogen-bond donors (Lipinski definition) is 1. The van der Waals surface area contributed by atoms with Gasteiger partial charge in [-0.1, -0.05) is 40.5 Å². The van der Waals surface area contributed by atoms with Gasteiger partial charge in [-0.2, -0.15) is 0 Å². The molecule has 3 nitrogen and oxygen atoms in total. The van der Waals surface area contributed by atoms with Crippen molar-refractivity contribution in [2.75, 3.05) is 13.7 Å². The Morgan fingerprint density at radius 3 is 2.81 bits per heavy atom. The van der Waals surface area contributed by atoms with Gasteiger partial charge < -0.3 is 10.1 Å². The van der Waals surface area contributed by atoms with Crippen molar-refractivity contribution < 1.29 is 4.74 Å². The maximum Gasteiger partial charge on any atom is 0.137 e. The van der Waals surface area contributed by atoms with Gasteiger partial charge in [0.15, 0.2) is 0 Å². The summed E-state index contributed by atoms with van der Waals surface area (Å²) in [5.41, 5.74) is 2.07. The normalized spacial score (nSPS) is 12.2. The molecule has 0 fully saturated rings. The molecule has 0 aliphatic heterocycles. The number of nitrogens with zero attached hydrogens (tertiary/aromatic N) is 1. The van der Waals surface area contributed by atoms with Crippen LogP contribution in [0.3, 0.4) is 0 Å². The first kappa shape index (κ1) is 16.3. The lowest BCUT2D eigenvalue weighted by Crippen LogP contribution is -2.23. The fourth-order valence-corrected chi connectivity index (χ4v) is 2.92. The molecule has 112 valence electrons. The molecule has 21 heavy (non-hydrogen) atoms. The number of aromatic nitrogens is 1. The molecular weight excluding hydrogens is 352 g/mol. The maximum atomic E-state index is 6.41. The number of halogens is 2. The zero-order valence-corrected chi connectivity index (χ0v) is 14.4. The van der Waals surface area contributed by atoms with Gasteiger partial charge in [-0.15, -0.1) is 0 Å². The summed E-state index contributed by atoms with van der Waals surface area (Å²) >= 11 is 9.85. The third kappa shape index (κ3) is 4.19. The van der Waals surface area contributed by atoms with Crippen LogP contribution in [-0.2, 0) is 0 Å². The Morgan fingerprint density at radius 2 is 2.14 bits per heavy atom. The molecular formula is C16H18BrClN2O. The van der Waals surface area contributed by atoms with Crippen LogP contribution in [0, 0.1) is 0 Å². The molecule has 0 aliphatic carbocycles. The van der Waals surface area contributed by atoms with Crippen LogP contribution >= 0.6 is 27.5 Å². The number of methoxy groups -OCH3 is 1. The molecule has 0 spiro atoms. The van der Waals surface area contributed by atoms with Crippen LogP contribution in [0.4, 0.5) is 0 Å². The van der Waals surface area contributed by atoms with Crippen molar-refractivity contribution in [1.82, 2.24) is 10.3 Å². The predicted molar refractivity (Wildman–Crippen MR) is 90.1 cm³/mol. The topological polar surface area (TPSA) is 34.2 Å². The van der Waals surface area contributed by atoms with E-state index in [9.17, 15) is 0 Å². The molecule has 1 atom stereocenters. The minimum absolute atomic E-state index is 0.00634. The number of benzene rings is 1. The smallest absolute Gasteiger partial charge is 0.137 e. The Balaban J connectivity index is 2.41. The van der Waals surface area contributed by atoms with E-state index in [4.69, 9.17) is 16.3 Å². The van der Waals surface area contributed by atoms with E-state index in [1.54, 1.807) is 13.3 Å². The van der Waals surface area contributed by atoms with Gasteiger partial charge in [-0.05, 0) is 42.3 Å². The molecule has 0 amide bonds. The third-order valence-corrected chi connectivity index (χ3v) is 4.00. The summed E-state index contributed by atoms with van der Waals surface area (Å²) in [7, 11) is 1.64. The quantitative estimate of drug-likeness (QED) is 0.808. The average Bonchev–Trinajstić information content (AvgIpc) is 2.49. The highest BCUT2D eigenvalue weighted by molar-refractivity contribution is 9.10. The second kappa shape index (κ2) is 7.78. The van der Waals surface area contributed by atoms with E-state index < -0.39 is 0 Å². The lowest BCUT2D eigenvalue weighted by atomic mass is 10.00. The first-order valence-corrected chi connectivity index (χ1v) is 8.00. The van der Waals surface area contributed by atoms with Crippen molar-refractivity contribution in [3.05, 3.63) is 57.3 Å². The summed E-state index contributed by atoms with van der Waals surface area (Å²) in [4.78, 5) is 4.24. The number of nitrogens with one attached hydrogen (secondary N) is 1. The summed E-state index contributed by atoms with van der Waals surface area (Å²) in [5.74, 6) is 0.740. The number of rotatable bonds is 6.